The van der Waals surface area contributed by atoms with E-state index in [1.165, 1.54) is 0 Å². The largest absolute Gasteiger partial charge is 0.457 e. The molecule has 0 aliphatic heterocycles. The molecule has 4 heteroatoms. The van der Waals surface area contributed by atoms with Crippen LogP contribution in [0.3, 0.4) is 0 Å². The van der Waals surface area contributed by atoms with Gasteiger partial charge in [0.05, 0.1) is 5.56 Å². The van der Waals surface area contributed by atoms with Crippen LogP contribution in [-0.2, 0) is 0 Å². The number of halogens is 1. The summed E-state index contributed by atoms with van der Waals surface area (Å²) in [5.41, 5.74) is 7.56. The van der Waals surface area contributed by atoms with Crippen LogP contribution in [0.15, 0.2) is 46.9 Å². The fourth-order valence-corrected chi connectivity index (χ4v) is 2.12. The van der Waals surface area contributed by atoms with Crippen molar-refractivity contribution in [3.05, 3.63) is 58.1 Å². The molecule has 0 amide bonds. The van der Waals surface area contributed by atoms with Gasteiger partial charge in [0, 0.05) is 4.47 Å². The number of thiocarbonyl (C=S) groups is 1. The van der Waals surface area contributed by atoms with Gasteiger partial charge in [-0.3, -0.25) is 0 Å². The van der Waals surface area contributed by atoms with E-state index in [0.29, 0.717) is 10.7 Å². The first kappa shape index (κ1) is 13.1. The van der Waals surface area contributed by atoms with Gasteiger partial charge < -0.3 is 10.5 Å². The summed E-state index contributed by atoms with van der Waals surface area (Å²) in [6.45, 7) is 1.99. The molecule has 0 aliphatic rings. The van der Waals surface area contributed by atoms with Crippen molar-refractivity contribution in [3.8, 4) is 11.5 Å². The fourth-order valence-electron chi connectivity index (χ4n) is 1.58. The molecule has 0 unspecified atom stereocenters. The van der Waals surface area contributed by atoms with Crippen molar-refractivity contribution in [1.29, 1.82) is 0 Å². The van der Waals surface area contributed by atoms with E-state index in [0.717, 1.165) is 21.3 Å². The summed E-state index contributed by atoms with van der Waals surface area (Å²) in [6, 6.07) is 13.4. The standard InChI is InChI=1S/C14H12BrNOS/c1-9-5-6-13(12(7-9)14(16)18)17-11-4-2-3-10(15)8-11/h2-8H,1H3,(H2,16,18). The summed E-state index contributed by atoms with van der Waals surface area (Å²) in [5.74, 6) is 1.41. The molecule has 2 rings (SSSR count). The maximum Gasteiger partial charge on any atom is 0.137 e. The highest BCUT2D eigenvalue weighted by atomic mass is 79.9. The summed E-state index contributed by atoms with van der Waals surface area (Å²) in [7, 11) is 0. The highest BCUT2D eigenvalue weighted by Crippen LogP contribution is 2.28. The molecule has 0 fully saturated rings. The second-order valence-electron chi connectivity index (χ2n) is 3.92. The number of hydrogen-bond donors (Lipinski definition) is 1. The van der Waals surface area contributed by atoms with Crippen LogP contribution in [0.4, 0.5) is 0 Å². The lowest BCUT2D eigenvalue weighted by Gasteiger charge is -2.11. The smallest absolute Gasteiger partial charge is 0.137 e. The van der Waals surface area contributed by atoms with Crippen molar-refractivity contribution < 1.29 is 4.74 Å². The van der Waals surface area contributed by atoms with Gasteiger partial charge in [0.25, 0.3) is 0 Å². The van der Waals surface area contributed by atoms with Crippen LogP contribution in [0.5, 0.6) is 11.5 Å². The quantitative estimate of drug-likeness (QED) is 0.861. The Balaban J connectivity index is 2.37. The Morgan fingerprint density at radius 2 is 2.00 bits per heavy atom. The number of nitrogens with two attached hydrogens (primary N) is 1. The van der Waals surface area contributed by atoms with Gasteiger partial charge in [-0.05, 0) is 37.3 Å². The zero-order valence-electron chi connectivity index (χ0n) is 9.81. The monoisotopic (exact) mass is 321 g/mol. The van der Waals surface area contributed by atoms with Crippen molar-refractivity contribution >= 4 is 33.1 Å². The Hall–Kier alpha value is -1.39. The Bertz CT molecular complexity index is 598. The van der Waals surface area contributed by atoms with Crippen LogP contribution in [0, 0.1) is 6.92 Å². The molecule has 0 aromatic heterocycles. The van der Waals surface area contributed by atoms with Crippen LogP contribution in [-0.4, -0.2) is 4.99 Å². The third-order valence-corrected chi connectivity index (χ3v) is 3.14. The summed E-state index contributed by atoms with van der Waals surface area (Å²) in [6.07, 6.45) is 0. The Morgan fingerprint density at radius 1 is 1.22 bits per heavy atom. The maximum absolute atomic E-state index is 5.81. The van der Waals surface area contributed by atoms with Crippen LogP contribution in [0.25, 0.3) is 0 Å². The van der Waals surface area contributed by atoms with Crippen molar-refractivity contribution in [2.24, 2.45) is 5.73 Å². The molecule has 0 bridgehead atoms. The number of hydrogen-bond acceptors (Lipinski definition) is 2. The Morgan fingerprint density at radius 3 is 2.67 bits per heavy atom. The average Bonchev–Trinajstić information content (AvgIpc) is 2.31. The zero-order valence-corrected chi connectivity index (χ0v) is 12.2. The molecule has 0 atom stereocenters. The lowest BCUT2D eigenvalue weighted by atomic mass is 10.1. The number of rotatable bonds is 3. The molecule has 0 radical (unpaired) electrons. The summed E-state index contributed by atoms with van der Waals surface area (Å²) < 4.78 is 6.77. The average molecular weight is 322 g/mol. The summed E-state index contributed by atoms with van der Waals surface area (Å²) >= 11 is 8.44. The fraction of sp³-hybridized carbons (Fsp3) is 0.0714. The molecular weight excluding hydrogens is 310 g/mol. The normalized spacial score (nSPS) is 10.1. The minimum absolute atomic E-state index is 0.337. The molecule has 2 nitrogen and oxygen atoms in total. The topological polar surface area (TPSA) is 35.2 Å². The maximum atomic E-state index is 5.81. The molecule has 18 heavy (non-hydrogen) atoms. The minimum atomic E-state index is 0.337. The minimum Gasteiger partial charge on any atom is -0.457 e. The van der Waals surface area contributed by atoms with Crippen LogP contribution < -0.4 is 10.5 Å². The molecule has 0 heterocycles. The van der Waals surface area contributed by atoms with E-state index in [2.05, 4.69) is 15.9 Å². The van der Waals surface area contributed by atoms with Gasteiger partial charge in [0.1, 0.15) is 16.5 Å². The van der Waals surface area contributed by atoms with E-state index in [9.17, 15) is 0 Å². The van der Waals surface area contributed by atoms with E-state index in [1.807, 2.05) is 49.4 Å². The first-order chi connectivity index (χ1) is 8.56. The first-order valence-electron chi connectivity index (χ1n) is 5.40. The third-order valence-electron chi connectivity index (χ3n) is 2.42. The molecule has 0 aliphatic carbocycles. The number of ether oxygens (including phenoxy) is 1. The van der Waals surface area contributed by atoms with Gasteiger partial charge in [-0.1, -0.05) is 45.8 Å². The molecule has 0 saturated heterocycles. The van der Waals surface area contributed by atoms with Crippen molar-refractivity contribution in [2.45, 2.75) is 6.92 Å². The Kier molecular flexibility index (Phi) is 3.99. The lowest BCUT2D eigenvalue weighted by Crippen LogP contribution is -2.11. The third kappa shape index (κ3) is 3.09. The predicted molar refractivity (Wildman–Crippen MR) is 81.3 cm³/mol. The van der Waals surface area contributed by atoms with Crippen LogP contribution in [0.1, 0.15) is 11.1 Å². The molecule has 0 spiro atoms. The van der Waals surface area contributed by atoms with E-state index in [4.69, 9.17) is 22.7 Å². The van der Waals surface area contributed by atoms with Crippen molar-refractivity contribution in [2.75, 3.05) is 0 Å². The highest BCUT2D eigenvalue weighted by molar-refractivity contribution is 9.10. The van der Waals surface area contributed by atoms with Gasteiger partial charge in [-0.25, -0.2) is 0 Å². The predicted octanol–water partition coefficient (Wildman–Crippen LogP) is 4.18. The molecule has 2 N–H and O–H groups in total. The highest BCUT2D eigenvalue weighted by Gasteiger charge is 2.08. The molecule has 2 aromatic rings. The van der Waals surface area contributed by atoms with Gasteiger partial charge in [0.15, 0.2) is 0 Å². The second-order valence-corrected chi connectivity index (χ2v) is 5.28. The number of benzene rings is 2. The van der Waals surface area contributed by atoms with Crippen molar-refractivity contribution in [1.82, 2.24) is 0 Å². The van der Waals surface area contributed by atoms with Gasteiger partial charge in [-0.15, -0.1) is 0 Å². The van der Waals surface area contributed by atoms with E-state index >= 15 is 0 Å². The zero-order chi connectivity index (χ0) is 13.1. The molecule has 2 aromatic carbocycles. The van der Waals surface area contributed by atoms with Crippen molar-refractivity contribution in [3.63, 3.8) is 0 Å². The number of aryl methyl sites for hydroxylation is 1. The van der Waals surface area contributed by atoms with E-state index in [-0.39, 0.29) is 0 Å². The second kappa shape index (κ2) is 5.50. The van der Waals surface area contributed by atoms with Crippen LogP contribution >= 0.6 is 28.1 Å². The summed E-state index contributed by atoms with van der Waals surface area (Å²) in [4.78, 5) is 0.337. The lowest BCUT2D eigenvalue weighted by molar-refractivity contribution is 0.481. The molecule has 0 saturated carbocycles. The molecular formula is C14H12BrNOS. The summed E-state index contributed by atoms with van der Waals surface area (Å²) in [5, 5.41) is 0. The van der Waals surface area contributed by atoms with E-state index < -0.39 is 0 Å². The SMILES string of the molecule is Cc1ccc(Oc2cccc(Br)c2)c(C(N)=S)c1. The van der Waals surface area contributed by atoms with Gasteiger partial charge >= 0.3 is 0 Å². The molecule has 92 valence electrons. The first-order valence-corrected chi connectivity index (χ1v) is 6.60. The Labute approximate surface area is 120 Å². The van der Waals surface area contributed by atoms with Crippen LogP contribution in [0.2, 0.25) is 0 Å². The van der Waals surface area contributed by atoms with Gasteiger partial charge in [0.2, 0.25) is 0 Å². The van der Waals surface area contributed by atoms with E-state index in [1.54, 1.807) is 0 Å². The van der Waals surface area contributed by atoms with Gasteiger partial charge in [-0.2, -0.15) is 0 Å².